The lowest BCUT2D eigenvalue weighted by Gasteiger charge is -2.38. The normalized spacial score (nSPS) is 17.6. The molecular weight excluding hydrogens is 506 g/mol. The molecule has 2 aromatic rings. The van der Waals surface area contributed by atoms with E-state index in [-0.39, 0.29) is 23.9 Å². The summed E-state index contributed by atoms with van der Waals surface area (Å²) in [5.41, 5.74) is 1.88. The zero-order chi connectivity index (χ0) is 26.3. The van der Waals surface area contributed by atoms with Crippen molar-refractivity contribution in [1.29, 1.82) is 0 Å². The number of rotatable bonds is 10. The molecule has 4 rings (SSSR count). The first-order chi connectivity index (χ1) is 18.0. The Kier molecular flexibility index (Phi) is 10.7. The summed E-state index contributed by atoms with van der Waals surface area (Å²) in [5, 5.41) is 3.00. The Morgan fingerprint density at radius 3 is 2.34 bits per heavy atom. The van der Waals surface area contributed by atoms with Crippen molar-refractivity contribution in [2.45, 2.75) is 45.2 Å². The molecule has 0 aromatic heterocycles. The summed E-state index contributed by atoms with van der Waals surface area (Å²) in [6, 6.07) is 15.5. The topological polar surface area (TPSA) is 80.3 Å². The first kappa shape index (κ1) is 29.6. The molecule has 2 fully saturated rings. The summed E-state index contributed by atoms with van der Waals surface area (Å²) in [6.07, 6.45) is 3.00. The highest BCUT2D eigenvalue weighted by Crippen LogP contribution is 2.42. The van der Waals surface area contributed by atoms with Gasteiger partial charge in [-0.1, -0.05) is 24.3 Å². The number of carbonyl (C=O) groups excluding carboxylic acids is 2. The molecule has 208 valence electrons. The van der Waals surface area contributed by atoms with Crippen molar-refractivity contribution >= 4 is 24.4 Å². The molecule has 1 N–H and O–H groups in total. The molecule has 1 spiro atoms. The lowest BCUT2D eigenvalue weighted by molar-refractivity contribution is -0.138. The van der Waals surface area contributed by atoms with Crippen LogP contribution in [0.2, 0.25) is 0 Å². The van der Waals surface area contributed by atoms with Crippen LogP contribution in [0, 0.1) is 5.41 Å². The zero-order valence-corrected chi connectivity index (χ0v) is 23.4. The molecule has 9 heteroatoms. The van der Waals surface area contributed by atoms with E-state index in [1.54, 1.807) is 21.1 Å². The second-order valence-corrected chi connectivity index (χ2v) is 9.93. The number of ether oxygens (including phenoxy) is 3. The van der Waals surface area contributed by atoms with Crippen LogP contribution in [-0.4, -0.2) is 68.8 Å². The number of hydrogen-bond donors (Lipinski definition) is 1. The number of nitrogens with zero attached hydrogens (tertiary/aromatic N) is 2. The van der Waals surface area contributed by atoms with E-state index in [4.69, 9.17) is 14.2 Å². The maximum atomic E-state index is 13.4. The van der Waals surface area contributed by atoms with Crippen LogP contribution in [-0.2, 0) is 16.1 Å². The number of halogens is 1. The Labute approximate surface area is 232 Å². The molecule has 38 heavy (non-hydrogen) atoms. The first-order valence-corrected chi connectivity index (χ1v) is 13.2. The predicted octanol–water partition coefficient (Wildman–Crippen LogP) is 4.82. The van der Waals surface area contributed by atoms with Gasteiger partial charge in [0.2, 0.25) is 5.91 Å². The van der Waals surface area contributed by atoms with Gasteiger partial charge in [0, 0.05) is 19.6 Å². The maximum absolute atomic E-state index is 13.4. The van der Waals surface area contributed by atoms with Gasteiger partial charge in [-0.3, -0.25) is 4.79 Å². The average molecular weight is 546 g/mol. The van der Waals surface area contributed by atoms with Crippen LogP contribution in [0.5, 0.6) is 11.5 Å². The van der Waals surface area contributed by atoms with E-state index < -0.39 is 6.09 Å². The standard InChI is InChI=1S/C29H39N3O5.ClH/c1-4-37-28(34)30-26(23-6-5-7-25(20-23)36-3)12-16-31-17-13-29(14-18-31)15-19-32(27(29)33)21-22-8-10-24(35-2)11-9-22;/h5-11,20,26H,4,12-19,21H2,1-3H3,(H,30,34);1H. The van der Waals surface area contributed by atoms with E-state index in [2.05, 4.69) is 10.2 Å². The van der Waals surface area contributed by atoms with E-state index in [1.807, 2.05) is 53.4 Å². The summed E-state index contributed by atoms with van der Waals surface area (Å²) in [5.74, 6) is 1.87. The zero-order valence-electron chi connectivity index (χ0n) is 22.6. The van der Waals surface area contributed by atoms with Gasteiger partial charge in [0.1, 0.15) is 11.5 Å². The van der Waals surface area contributed by atoms with E-state index >= 15 is 0 Å². The van der Waals surface area contributed by atoms with E-state index in [0.717, 1.165) is 74.5 Å². The molecule has 0 aliphatic carbocycles. The molecule has 2 aromatic carbocycles. The smallest absolute Gasteiger partial charge is 0.407 e. The number of benzene rings is 2. The number of likely N-dealkylation sites (tertiary alicyclic amines) is 2. The van der Waals surface area contributed by atoms with Gasteiger partial charge in [-0.05, 0) is 81.1 Å². The fraction of sp³-hybridized carbons (Fsp3) is 0.517. The highest BCUT2D eigenvalue weighted by molar-refractivity contribution is 5.85. The highest BCUT2D eigenvalue weighted by atomic mass is 35.5. The predicted molar refractivity (Wildman–Crippen MR) is 149 cm³/mol. The van der Waals surface area contributed by atoms with Crippen molar-refractivity contribution in [3.63, 3.8) is 0 Å². The molecule has 8 nitrogen and oxygen atoms in total. The van der Waals surface area contributed by atoms with Crippen molar-refractivity contribution < 1.29 is 23.8 Å². The van der Waals surface area contributed by atoms with Gasteiger partial charge in [0.25, 0.3) is 0 Å². The molecule has 1 atom stereocenters. The van der Waals surface area contributed by atoms with Crippen molar-refractivity contribution in [2.24, 2.45) is 5.41 Å². The molecule has 2 saturated heterocycles. The molecule has 2 heterocycles. The van der Waals surface area contributed by atoms with Crippen LogP contribution >= 0.6 is 12.4 Å². The number of piperidine rings is 1. The van der Waals surface area contributed by atoms with Crippen LogP contribution in [0.3, 0.4) is 0 Å². The molecule has 0 saturated carbocycles. The Morgan fingerprint density at radius 2 is 1.68 bits per heavy atom. The average Bonchev–Trinajstić information content (AvgIpc) is 3.22. The summed E-state index contributed by atoms with van der Waals surface area (Å²) >= 11 is 0. The highest BCUT2D eigenvalue weighted by Gasteiger charge is 2.47. The van der Waals surface area contributed by atoms with Crippen LogP contribution in [0.25, 0.3) is 0 Å². The third-order valence-corrected chi connectivity index (χ3v) is 7.74. The van der Waals surface area contributed by atoms with Crippen molar-refractivity contribution in [3.05, 3.63) is 59.7 Å². The quantitative estimate of drug-likeness (QED) is 0.461. The largest absolute Gasteiger partial charge is 0.497 e. The SMILES string of the molecule is CCOC(=O)NC(CCN1CCC2(CC1)CCN(Cc1ccc(OC)cc1)C2=O)c1cccc(OC)c1.Cl. The summed E-state index contributed by atoms with van der Waals surface area (Å²) in [6.45, 7) is 6.18. The van der Waals surface area contributed by atoms with Gasteiger partial charge >= 0.3 is 6.09 Å². The minimum absolute atomic E-state index is 0. The summed E-state index contributed by atoms with van der Waals surface area (Å²) < 4.78 is 15.8. The Morgan fingerprint density at radius 1 is 1.00 bits per heavy atom. The monoisotopic (exact) mass is 545 g/mol. The number of carbonyl (C=O) groups is 2. The van der Waals surface area contributed by atoms with Crippen LogP contribution in [0.4, 0.5) is 4.79 Å². The van der Waals surface area contributed by atoms with Gasteiger partial charge in [-0.15, -0.1) is 12.4 Å². The number of alkyl carbamates (subject to hydrolysis) is 1. The van der Waals surface area contributed by atoms with Crippen molar-refractivity contribution in [3.8, 4) is 11.5 Å². The van der Waals surface area contributed by atoms with Gasteiger partial charge in [-0.25, -0.2) is 4.79 Å². The van der Waals surface area contributed by atoms with Crippen molar-refractivity contribution in [2.75, 3.05) is 47.0 Å². The second-order valence-electron chi connectivity index (χ2n) is 9.93. The Hall–Kier alpha value is -2.97. The van der Waals surface area contributed by atoms with E-state index in [9.17, 15) is 9.59 Å². The van der Waals surface area contributed by atoms with Gasteiger partial charge < -0.3 is 29.3 Å². The van der Waals surface area contributed by atoms with Gasteiger partial charge in [0.15, 0.2) is 0 Å². The van der Waals surface area contributed by atoms with Crippen LogP contribution in [0.1, 0.15) is 49.8 Å². The molecule has 0 bridgehead atoms. The van der Waals surface area contributed by atoms with E-state index in [1.165, 1.54) is 0 Å². The molecular formula is C29H40ClN3O5. The molecule has 2 aliphatic rings. The minimum Gasteiger partial charge on any atom is -0.497 e. The van der Waals surface area contributed by atoms with Crippen LogP contribution in [0.15, 0.2) is 48.5 Å². The number of methoxy groups -OCH3 is 2. The summed E-state index contributed by atoms with van der Waals surface area (Å²) in [4.78, 5) is 30.0. The molecule has 2 aliphatic heterocycles. The number of hydrogen-bond acceptors (Lipinski definition) is 6. The number of nitrogens with one attached hydrogen (secondary N) is 1. The third kappa shape index (κ3) is 7.11. The second kappa shape index (κ2) is 13.7. The first-order valence-electron chi connectivity index (χ1n) is 13.2. The Balaban J connectivity index is 0.00000400. The molecule has 0 radical (unpaired) electrons. The molecule has 2 amide bonds. The van der Waals surface area contributed by atoms with E-state index in [0.29, 0.717) is 19.1 Å². The lowest BCUT2D eigenvalue weighted by atomic mass is 9.77. The van der Waals surface area contributed by atoms with Crippen molar-refractivity contribution in [1.82, 2.24) is 15.1 Å². The van der Waals surface area contributed by atoms with Crippen LogP contribution < -0.4 is 14.8 Å². The summed E-state index contributed by atoms with van der Waals surface area (Å²) in [7, 11) is 3.30. The fourth-order valence-corrected chi connectivity index (χ4v) is 5.47. The van der Waals surface area contributed by atoms with Gasteiger partial charge in [-0.2, -0.15) is 0 Å². The number of amides is 2. The maximum Gasteiger partial charge on any atom is 0.407 e. The molecule has 1 unspecified atom stereocenters. The third-order valence-electron chi connectivity index (χ3n) is 7.74. The fourth-order valence-electron chi connectivity index (χ4n) is 5.47. The minimum atomic E-state index is -0.415. The Bertz CT molecular complexity index is 1060. The lowest BCUT2D eigenvalue weighted by Crippen LogP contribution is -2.45. The van der Waals surface area contributed by atoms with Gasteiger partial charge in [0.05, 0.1) is 32.3 Å².